The number of fused-ring (bicyclic) bond motifs is 1. The molecule has 3 N–H and O–H groups in total. The monoisotopic (exact) mass is 176 g/mol. The minimum absolute atomic E-state index is 0.436. The van der Waals surface area contributed by atoms with Crippen molar-refractivity contribution in [3.63, 3.8) is 0 Å². The zero-order valence-electron chi connectivity index (χ0n) is 7.70. The molecule has 0 amide bonds. The molecule has 0 fully saturated rings. The van der Waals surface area contributed by atoms with Gasteiger partial charge in [-0.2, -0.15) is 5.10 Å². The fraction of sp³-hybridized carbons (Fsp3) is 0.333. The molecule has 0 aliphatic heterocycles. The van der Waals surface area contributed by atoms with Crippen LogP contribution in [0.5, 0.6) is 0 Å². The van der Waals surface area contributed by atoms with Crippen LogP contribution in [-0.2, 0) is 0 Å². The average Bonchev–Trinajstić information content (AvgIpc) is 2.48. The normalized spacial score (nSPS) is 11.3. The summed E-state index contributed by atoms with van der Waals surface area (Å²) in [5.41, 5.74) is 7.69. The van der Waals surface area contributed by atoms with Gasteiger partial charge in [0, 0.05) is 6.20 Å². The molecule has 0 unspecified atom stereocenters. The Labute approximate surface area is 76.2 Å². The van der Waals surface area contributed by atoms with Crippen LogP contribution in [0.4, 0.5) is 5.82 Å². The van der Waals surface area contributed by atoms with Crippen LogP contribution >= 0.6 is 0 Å². The summed E-state index contributed by atoms with van der Waals surface area (Å²) in [6.07, 6.45) is 1.77. The second-order valence-corrected chi connectivity index (χ2v) is 3.39. The van der Waals surface area contributed by atoms with Crippen molar-refractivity contribution in [2.24, 2.45) is 0 Å². The van der Waals surface area contributed by atoms with Crippen LogP contribution in [0.25, 0.3) is 11.0 Å². The van der Waals surface area contributed by atoms with E-state index in [1.54, 1.807) is 6.20 Å². The zero-order valence-corrected chi connectivity index (χ0v) is 7.70. The van der Waals surface area contributed by atoms with Crippen molar-refractivity contribution in [2.45, 2.75) is 19.8 Å². The number of nitrogen functional groups attached to an aromatic ring is 1. The highest BCUT2D eigenvalue weighted by Crippen LogP contribution is 2.26. The van der Waals surface area contributed by atoms with Crippen LogP contribution in [0, 0.1) is 0 Å². The molecule has 68 valence electrons. The summed E-state index contributed by atoms with van der Waals surface area (Å²) in [5, 5.41) is 7.68. The predicted octanol–water partition coefficient (Wildman–Crippen LogP) is 1.66. The van der Waals surface area contributed by atoms with Gasteiger partial charge in [-0.3, -0.25) is 5.10 Å². The number of rotatable bonds is 1. The largest absolute Gasteiger partial charge is 0.382 e. The van der Waals surface area contributed by atoms with Gasteiger partial charge in [0.05, 0.1) is 5.39 Å². The Balaban J connectivity index is 2.80. The Hall–Kier alpha value is -1.58. The maximum Gasteiger partial charge on any atom is 0.157 e. The van der Waals surface area contributed by atoms with Crippen molar-refractivity contribution in [2.75, 3.05) is 5.73 Å². The fourth-order valence-corrected chi connectivity index (χ4v) is 1.48. The number of H-pyrrole nitrogens is 1. The van der Waals surface area contributed by atoms with Crippen LogP contribution in [-0.4, -0.2) is 15.2 Å². The molecule has 2 rings (SSSR count). The van der Waals surface area contributed by atoms with Gasteiger partial charge in [-0.1, -0.05) is 13.8 Å². The third-order valence-electron chi connectivity index (χ3n) is 2.14. The Bertz CT molecular complexity index is 430. The summed E-state index contributed by atoms with van der Waals surface area (Å²) < 4.78 is 0. The van der Waals surface area contributed by atoms with Crippen LogP contribution in [0.1, 0.15) is 25.3 Å². The molecule has 4 nitrogen and oxygen atoms in total. The summed E-state index contributed by atoms with van der Waals surface area (Å²) in [7, 11) is 0. The molecule has 0 saturated heterocycles. The van der Waals surface area contributed by atoms with Crippen molar-refractivity contribution in [3.05, 3.63) is 17.8 Å². The topological polar surface area (TPSA) is 67.6 Å². The van der Waals surface area contributed by atoms with E-state index in [2.05, 4.69) is 29.0 Å². The zero-order chi connectivity index (χ0) is 9.42. The Morgan fingerprint density at radius 3 is 2.92 bits per heavy atom. The lowest BCUT2D eigenvalue weighted by Crippen LogP contribution is -1.92. The van der Waals surface area contributed by atoms with Gasteiger partial charge < -0.3 is 5.73 Å². The lowest BCUT2D eigenvalue weighted by Gasteiger charge is -2.05. The van der Waals surface area contributed by atoms with Gasteiger partial charge in [0.2, 0.25) is 0 Å². The smallest absolute Gasteiger partial charge is 0.157 e. The molecular formula is C9H12N4. The second-order valence-electron chi connectivity index (χ2n) is 3.39. The van der Waals surface area contributed by atoms with Crippen LogP contribution in [0.15, 0.2) is 12.3 Å². The van der Waals surface area contributed by atoms with E-state index in [4.69, 9.17) is 5.73 Å². The minimum atomic E-state index is 0.436. The highest BCUT2D eigenvalue weighted by Gasteiger charge is 2.10. The first-order valence-corrected chi connectivity index (χ1v) is 4.28. The third-order valence-corrected chi connectivity index (χ3v) is 2.14. The van der Waals surface area contributed by atoms with Crippen LogP contribution in [0.2, 0.25) is 0 Å². The van der Waals surface area contributed by atoms with E-state index in [0.717, 1.165) is 11.0 Å². The molecule has 4 heteroatoms. The molecule has 0 aliphatic carbocycles. The van der Waals surface area contributed by atoms with E-state index in [1.165, 1.54) is 5.56 Å². The van der Waals surface area contributed by atoms with E-state index in [-0.39, 0.29) is 0 Å². The van der Waals surface area contributed by atoms with Gasteiger partial charge >= 0.3 is 0 Å². The highest BCUT2D eigenvalue weighted by molar-refractivity contribution is 5.89. The molecule has 2 aromatic rings. The number of hydrogen-bond acceptors (Lipinski definition) is 3. The minimum Gasteiger partial charge on any atom is -0.382 e. The predicted molar refractivity (Wildman–Crippen MR) is 52.4 cm³/mol. The highest BCUT2D eigenvalue weighted by atomic mass is 15.2. The molecule has 0 radical (unpaired) electrons. The number of nitrogens with two attached hydrogens (primary N) is 1. The Morgan fingerprint density at radius 1 is 1.46 bits per heavy atom. The standard InChI is InChI=1S/C9H12N4/c1-5(2)6-3-4-11-9-7(6)8(10)12-13-9/h3-5H,1-2H3,(H3,10,11,12,13). The molecular weight excluding hydrogens is 164 g/mol. The number of nitrogens with zero attached hydrogens (tertiary/aromatic N) is 2. The lowest BCUT2D eigenvalue weighted by molar-refractivity contribution is 0.874. The van der Waals surface area contributed by atoms with Gasteiger partial charge in [0.25, 0.3) is 0 Å². The first-order chi connectivity index (χ1) is 6.20. The summed E-state index contributed by atoms with van der Waals surface area (Å²) in [5.74, 6) is 0.970. The van der Waals surface area contributed by atoms with Crippen LogP contribution in [0.3, 0.4) is 0 Å². The molecule has 0 aliphatic rings. The SMILES string of the molecule is CC(C)c1ccnc2[nH]nc(N)c12. The van der Waals surface area contributed by atoms with Crippen molar-refractivity contribution in [1.29, 1.82) is 0 Å². The summed E-state index contributed by atoms with van der Waals surface area (Å²) in [6, 6.07) is 1.98. The maximum atomic E-state index is 5.73. The number of pyridine rings is 1. The van der Waals surface area contributed by atoms with Gasteiger partial charge in [-0.15, -0.1) is 0 Å². The molecule has 0 aromatic carbocycles. The van der Waals surface area contributed by atoms with Gasteiger partial charge in [-0.25, -0.2) is 4.98 Å². The molecule has 0 bridgehead atoms. The van der Waals surface area contributed by atoms with E-state index >= 15 is 0 Å². The first kappa shape index (κ1) is 8.04. The van der Waals surface area contributed by atoms with Crippen molar-refractivity contribution in [1.82, 2.24) is 15.2 Å². The van der Waals surface area contributed by atoms with Gasteiger partial charge in [0.1, 0.15) is 0 Å². The van der Waals surface area contributed by atoms with Crippen molar-refractivity contribution in [3.8, 4) is 0 Å². The Morgan fingerprint density at radius 2 is 2.23 bits per heavy atom. The second kappa shape index (κ2) is 2.73. The van der Waals surface area contributed by atoms with Crippen molar-refractivity contribution < 1.29 is 0 Å². The van der Waals surface area contributed by atoms with Gasteiger partial charge in [0.15, 0.2) is 11.5 Å². The van der Waals surface area contributed by atoms with E-state index in [1.807, 2.05) is 6.07 Å². The maximum absolute atomic E-state index is 5.73. The molecule has 0 spiro atoms. The number of aromatic amines is 1. The lowest BCUT2D eigenvalue weighted by atomic mass is 10.0. The third kappa shape index (κ3) is 1.14. The van der Waals surface area contributed by atoms with E-state index in [0.29, 0.717) is 11.7 Å². The quantitative estimate of drug-likeness (QED) is 0.694. The summed E-state index contributed by atoms with van der Waals surface area (Å²) in [6.45, 7) is 4.25. The first-order valence-electron chi connectivity index (χ1n) is 4.28. The fourth-order valence-electron chi connectivity index (χ4n) is 1.48. The van der Waals surface area contributed by atoms with E-state index < -0.39 is 0 Å². The van der Waals surface area contributed by atoms with E-state index in [9.17, 15) is 0 Å². The molecule has 2 heterocycles. The van der Waals surface area contributed by atoms with Crippen LogP contribution < -0.4 is 5.73 Å². The number of nitrogens with one attached hydrogen (secondary N) is 1. The molecule has 0 saturated carbocycles. The van der Waals surface area contributed by atoms with Gasteiger partial charge in [-0.05, 0) is 17.5 Å². The summed E-state index contributed by atoms with van der Waals surface area (Å²) >= 11 is 0. The van der Waals surface area contributed by atoms with Crippen molar-refractivity contribution >= 4 is 16.9 Å². The summed E-state index contributed by atoms with van der Waals surface area (Å²) in [4.78, 5) is 4.15. The number of anilines is 1. The molecule has 13 heavy (non-hydrogen) atoms. The molecule has 0 atom stereocenters. The molecule has 2 aromatic heterocycles. The number of hydrogen-bond donors (Lipinski definition) is 2. The Kier molecular flexibility index (Phi) is 1.69. The average molecular weight is 176 g/mol. The number of aromatic nitrogens is 3.